The van der Waals surface area contributed by atoms with E-state index in [4.69, 9.17) is 20.3 Å². The van der Waals surface area contributed by atoms with E-state index in [0.29, 0.717) is 24.3 Å². The van der Waals surface area contributed by atoms with E-state index in [1.807, 2.05) is 51.1 Å². The Morgan fingerprint density at radius 1 is 1.24 bits per heavy atom. The minimum atomic E-state index is -0.431. The van der Waals surface area contributed by atoms with Crippen LogP contribution in [0.5, 0.6) is 0 Å². The van der Waals surface area contributed by atoms with Gasteiger partial charge in [-0.1, -0.05) is 44.2 Å². The van der Waals surface area contributed by atoms with Crippen LogP contribution in [-0.4, -0.2) is 48.6 Å². The number of H-pyrrole nitrogens is 1. The number of aliphatic hydroxyl groups excluding tert-OH is 1. The zero-order valence-electron chi connectivity index (χ0n) is 21.1. The lowest BCUT2D eigenvalue weighted by Gasteiger charge is -2.18. The highest BCUT2D eigenvalue weighted by Gasteiger charge is 2.27. The molecule has 1 aliphatic rings. The Morgan fingerprint density at radius 2 is 1.97 bits per heavy atom. The first-order valence-corrected chi connectivity index (χ1v) is 13.0. The van der Waals surface area contributed by atoms with Gasteiger partial charge < -0.3 is 20.3 Å². The molecule has 0 spiro atoms. The highest BCUT2D eigenvalue weighted by molar-refractivity contribution is 8.00. The second kappa shape index (κ2) is 13.4. The monoisotopic (exact) mass is 531 g/mol. The number of nitrogens with zero attached hydrogens (tertiary/aromatic N) is 3. The van der Waals surface area contributed by atoms with Gasteiger partial charge in [0.2, 0.25) is 0 Å². The molecule has 0 bridgehead atoms. The first kappa shape index (κ1) is 28.4. The molecule has 1 aliphatic heterocycles. The molecule has 0 radical (unpaired) electrons. The number of thioether (sulfide) groups is 1. The number of anilines is 1. The van der Waals surface area contributed by atoms with Crippen LogP contribution in [0.25, 0.3) is 0 Å². The third-order valence-corrected chi connectivity index (χ3v) is 6.72. The van der Waals surface area contributed by atoms with Gasteiger partial charge in [-0.25, -0.2) is 9.59 Å². The summed E-state index contributed by atoms with van der Waals surface area (Å²) in [6.45, 7) is 6.37. The van der Waals surface area contributed by atoms with Crippen LogP contribution in [0, 0.1) is 0 Å². The van der Waals surface area contributed by atoms with E-state index >= 15 is 0 Å². The average Bonchev–Trinajstić information content (AvgIpc) is 3.33. The number of nitrogen functional groups attached to an aromatic ring is 1. The number of hydrogen-bond acceptors (Lipinski definition) is 9. The molecule has 11 nitrogen and oxygen atoms in total. The Bertz CT molecular complexity index is 1340. The smallest absolute Gasteiger partial charge is 0.351 e. The number of hydrogen-bond donors (Lipinski definition) is 3. The quantitative estimate of drug-likeness (QED) is 0.393. The van der Waals surface area contributed by atoms with Crippen LogP contribution in [0.4, 0.5) is 5.82 Å². The summed E-state index contributed by atoms with van der Waals surface area (Å²) in [5, 5.41) is 8.88. The van der Waals surface area contributed by atoms with Gasteiger partial charge in [0.15, 0.2) is 0 Å². The van der Waals surface area contributed by atoms with Crippen LogP contribution < -0.4 is 22.7 Å². The maximum Gasteiger partial charge on any atom is 0.351 e. The third-order valence-electron chi connectivity index (χ3n) is 5.61. The number of ether oxygens (including phenoxy) is 2. The van der Waals surface area contributed by atoms with Crippen LogP contribution in [0.2, 0.25) is 0 Å². The highest BCUT2D eigenvalue weighted by atomic mass is 32.2. The van der Waals surface area contributed by atoms with Gasteiger partial charge in [0.05, 0.1) is 6.61 Å². The molecule has 0 unspecified atom stereocenters. The molecule has 12 heteroatoms. The standard InChI is InChI=1S/C17H22N2O3.C8H11N3O3S/c1-4-22-11-19-14(10-13-8-6-5-7-9-13)15(12(2)3)16(20)18-17(19)21;9-5-1-2-11(8(13)10-5)6-4-15-7(3-12)14-6/h5-9,12H,4,10-11H2,1-3H3,(H,18,20,21);1-2,6-7,12H,3-4H2,(H2,9,10,13)/t;6-,7+/m.0/s1. The van der Waals surface area contributed by atoms with Crippen molar-refractivity contribution in [2.24, 2.45) is 0 Å². The summed E-state index contributed by atoms with van der Waals surface area (Å²) in [5.74, 6) is 0.841. The zero-order valence-corrected chi connectivity index (χ0v) is 21.9. The SMILES string of the molecule is CCOCn1c(Cc2ccccc2)c(C(C)C)c(=O)[nH]c1=O.Nc1ccn([C@@H]2CS[C@H](CO)O2)c(=O)n1. The number of nitrogens with two attached hydrogens (primary N) is 1. The minimum Gasteiger partial charge on any atom is -0.393 e. The summed E-state index contributed by atoms with van der Waals surface area (Å²) in [7, 11) is 0. The number of rotatable bonds is 8. The van der Waals surface area contributed by atoms with Crippen LogP contribution in [0.1, 0.15) is 49.7 Å². The Hall–Kier alpha value is -3.19. The van der Waals surface area contributed by atoms with Gasteiger partial charge in [-0.3, -0.25) is 18.9 Å². The summed E-state index contributed by atoms with van der Waals surface area (Å²) in [4.78, 5) is 41.8. The van der Waals surface area contributed by atoms with Crippen LogP contribution in [-0.2, 0) is 22.6 Å². The molecule has 2 atom stereocenters. The molecule has 1 fully saturated rings. The van der Waals surface area contributed by atoms with E-state index in [1.54, 1.807) is 12.3 Å². The predicted molar refractivity (Wildman–Crippen MR) is 143 cm³/mol. The van der Waals surface area contributed by atoms with Crippen molar-refractivity contribution in [2.45, 2.75) is 51.5 Å². The highest BCUT2D eigenvalue weighted by Crippen LogP contribution is 2.30. The Morgan fingerprint density at radius 3 is 2.57 bits per heavy atom. The van der Waals surface area contributed by atoms with Gasteiger partial charge in [-0.05, 0) is 24.5 Å². The number of nitrogens with one attached hydrogen (secondary N) is 1. The molecule has 2 aromatic heterocycles. The fraction of sp³-hybridized carbons (Fsp3) is 0.440. The zero-order chi connectivity index (χ0) is 26.9. The first-order valence-electron chi connectivity index (χ1n) is 11.9. The van der Waals surface area contributed by atoms with Crippen molar-refractivity contribution >= 4 is 17.6 Å². The Balaban J connectivity index is 0.000000220. The number of aliphatic hydroxyl groups is 1. The van der Waals surface area contributed by atoms with Crippen molar-refractivity contribution in [3.05, 3.63) is 90.7 Å². The lowest BCUT2D eigenvalue weighted by atomic mass is 9.98. The summed E-state index contributed by atoms with van der Waals surface area (Å²) < 4.78 is 13.7. The van der Waals surface area contributed by atoms with Crippen molar-refractivity contribution in [1.29, 1.82) is 0 Å². The summed E-state index contributed by atoms with van der Waals surface area (Å²) in [5.41, 5.74) is 6.37. The summed E-state index contributed by atoms with van der Waals surface area (Å²) in [6.07, 6.45) is 1.71. The molecule has 3 heterocycles. The third kappa shape index (κ3) is 7.41. The van der Waals surface area contributed by atoms with Gasteiger partial charge in [0.25, 0.3) is 5.56 Å². The number of aromatic nitrogens is 4. The van der Waals surface area contributed by atoms with Crippen molar-refractivity contribution in [2.75, 3.05) is 24.7 Å². The van der Waals surface area contributed by atoms with Gasteiger partial charge >= 0.3 is 11.4 Å². The average molecular weight is 532 g/mol. The topological polar surface area (TPSA) is 154 Å². The number of benzene rings is 1. The normalized spacial score (nSPS) is 17.0. The molecule has 1 aromatic carbocycles. The van der Waals surface area contributed by atoms with Crippen LogP contribution in [0.15, 0.2) is 57.0 Å². The van der Waals surface area contributed by atoms with Crippen LogP contribution >= 0.6 is 11.8 Å². The maximum absolute atomic E-state index is 12.2. The van der Waals surface area contributed by atoms with E-state index in [-0.39, 0.29) is 42.3 Å². The molecule has 200 valence electrons. The predicted octanol–water partition coefficient (Wildman–Crippen LogP) is 1.65. The second-order valence-electron chi connectivity index (χ2n) is 8.57. The lowest BCUT2D eigenvalue weighted by molar-refractivity contribution is -0.00629. The Labute approximate surface area is 218 Å². The fourth-order valence-electron chi connectivity index (χ4n) is 3.86. The van der Waals surface area contributed by atoms with E-state index in [1.165, 1.54) is 20.9 Å². The maximum atomic E-state index is 12.2. The lowest BCUT2D eigenvalue weighted by Crippen LogP contribution is -2.36. The molecular formula is C25H33N5O6S. The van der Waals surface area contributed by atoms with Gasteiger partial charge in [0, 0.05) is 36.2 Å². The minimum absolute atomic E-state index is 0.0240. The van der Waals surface area contributed by atoms with Crippen molar-refractivity contribution in [3.63, 3.8) is 0 Å². The molecule has 0 amide bonds. The summed E-state index contributed by atoms with van der Waals surface area (Å²) in [6, 6.07) is 11.4. The molecule has 4 rings (SSSR count). The summed E-state index contributed by atoms with van der Waals surface area (Å²) >= 11 is 1.47. The van der Waals surface area contributed by atoms with Crippen molar-refractivity contribution in [1.82, 2.24) is 19.1 Å². The van der Waals surface area contributed by atoms with E-state index < -0.39 is 11.4 Å². The molecular weight excluding hydrogens is 498 g/mol. The van der Waals surface area contributed by atoms with E-state index in [9.17, 15) is 14.4 Å². The van der Waals surface area contributed by atoms with Crippen molar-refractivity contribution in [3.8, 4) is 0 Å². The fourth-order valence-corrected chi connectivity index (χ4v) is 4.79. The molecule has 3 aromatic rings. The van der Waals surface area contributed by atoms with E-state index in [0.717, 1.165) is 11.3 Å². The first-order chi connectivity index (χ1) is 17.7. The van der Waals surface area contributed by atoms with Crippen LogP contribution in [0.3, 0.4) is 0 Å². The molecule has 1 saturated heterocycles. The second-order valence-corrected chi connectivity index (χ2v) is 9.76. The van der Waals surface area contributed by atoms with Gasteiger partial charge in [0.1, 0.15) is 24.2 Å². The van der Waals surface area contributed by atoms with Gasteiger partial charge in [-0.2, -0.15) is 4.98 Å². The molecule has 0 saturated carbocycles. The molecule has 37 heavy (non-hydrogen) atoms. The molecule has 4 N–H and O–H groups in total. The largest absolute Gasteiger partial charge is 0.393 e. The number of aromatic amines is 1. The Kier molecular flexibility index (Phi) is 10.3. The van der Waals surface area contributed by atoms with E-state index in [2.05, 4.69) is 9.97 Å². The molecule has 0 aliphatic carbocycles. The van der Waals surface area contributed by atoms with Crippen molar-refractivity contribution < 1.29 is 14.6 Å². The van der Waals surface area contributed by atoms with Gasteiger partial charge in [-0.15, -0.1) is 11.8 Å².